The molecule has 0 aliphatic heterocycles. The maximum Gasteiger partial charge on any atom is 0.354 e. The lowest BCUT2D eigenvalue weighted by Crippen LogP contribution is -2.16. The van der Waals surface area contributed by atoms with Gasteiger partial charge in [-0.05, 0) is 24.0 Å². The highest BCUT2D eigenvalue weighted by molar-refractivity contribution is 5.85. The summed E-state index contributed by atoms with van der Waals surface area (Å²) in [4.78, 5) is 15.1. The van der Waals surface area contributed by atoms with Crippen LogP contribution in [0.5, 0.6) is 0 Å². The van der Waals surface area contributed by atoms with Crippen LogP contribution in [0.25, 0.3) is 0 Å². The van der Waals surface area contributed by atoms with Crippen molar-refractivity contribution in [3.05, 3.63) is 29.6 Å². The van der Waals surface area contributed by atoms with E-state index in [1.807, 2.05) is 6.07 Å². The fourth-order valence-corrected chi connectivity index (χ4v) is 2.21. The van der Waals surface area contributed by atoms with Crippen molar-refractivity contribution in [1.29, 1.82) is 0 Å². The third kappa shape index (κ3) is 2.81. The molecule has 0 aliphatic carbocycles. The summed E-state index contributed by atoms with van der Waals surface area (Å²) in [5.74, 6) is 0.250. The van der Waals surface area contributed by atoms with Gasteiger partial charge in [0, 0.05) is 11.6 Å². The lowest BCUT2D eigenvalue weighted by Gasteiger charge is -2.24. The topological polar surface area (TPSA) is 50.2 Å². The van der Waals surface area contributed by atoms with Crippen LogP contribution in [0.15, 0.2) is 18.2 Å². The molecule has 3 heteroatoms. The van der Waals surface area contributed by atoms with Gasteiger partial charge < -0.3 is 5.11 Å². The molecule has 0 radical (unpaired) electrons. The van der Waals surface area contributed by atoms with E-state index in [2.05, 4.69) is 32.7 Å². The summed E-state index contributed by atoms with van der Waals surface area (Å²) in [7, 11) is 0. The molecule has 0 spiro atoms. The summed E-state index contributed by atoms with van der Waals surface area (Å²) in [6, 6.07) is 5.21. The van der Waals surface area contributed by atoms with Gasteiger partial charge in [-0.1, -0.05) is 33.8 Å². The van der Waals surface area contributed by atoms with Crippen LogP contribution in [0.1, 0.15) is 49.8 Å². The molecule has 0 atom stereocenters. The molecular weight excluding hydrogens is 202 g/mol. The normalized spacial score (nSPS) is 11.4. The number of aromatic nitrogens is 1. The average molecular weight is 221 g/mol. The SMILES string of the molecule is CC(C)C(c1cccc(C(=O)O)n1)C(C)C. The second kappa shape index (κ2) is 5.10. The summed E-state index contributed by atoms with van der Waals surface area (Å²) >= 11 is 0. The van der Waals surface area contributed by atoms with Crippen LogP contribution in [0.2, 0.25) is 0 Å². The quantitative estimate of drug-likeness (QED) is 0.849. The number of rotatable bonds is 4. The molecule has 1 rings (SSSR count). The Kier molecular flexibility index (Phi) is 4.05. The van der Waals surface area contributed by atoms with Crippen molar-refractivity contribution in [2.24, 2.45) is 11.8 Å². The van der Waals surface area contributed by atoms with E-state index in [1.165, 1.54) is 6.07 Å². The van der Waals surface area contributed by atoms with Crippen molar-refractivity contribution in [2.75, 3.05) is 0 Å². The van der Waals surface area contributed by atoms with Crippen LogP contribution in [0, 0.1) is 11.8 Å². The van der Waals surface area contributed by atoms with Gasteiger partial charge >= 0.3 is 5.97 Å². The Morgan fingerprint density at radius 2 is 1.75 bits per heavy atom. The zero-order valence-electron chi connectivity index (χ0n) is 10.3. The molecule has 1 aromatic rings. The second-order valence-corrected chi connectivity index (χ2v) is 4.77. The fourth-order valence-electron chi connectivity index (χ4n) is 2.21. The van der Waals surface area contributed by atoms with Crippen LogP contribution >= 0.6 is 0 Å². The number of carboxylic acids is 1. The van der Waals surface area contributed by atoms with Crippen molar-refractivity contribution in [1.82, 2.24) is 4.98 Å². The van der Waals surface area contributed by atoms with E-state index in [1.54, 1.807) is 6.07 Å². The summed E-state index contributed by atoms with van der Waals surface area (Å²) in [6.07, 6.45) is 0. The maximum absolute atomic E-state index is 10.9. The maximum atomic E-state index is 10.9. The van der Waals surface area contributed by atoms with E-state index in [9.17, 15) is 4.79 Å². The highest BCUT2D eigenvalue weighted by Crippen LogP contribution is 2.30. The largest absolute Gasteiger partial charge is 0.477 e. The van der Waals surface area contributed by atoms with Gasteiger partial charge in [0.25, 0.3) is 0 Å². The van der Waals surface area contributed by atoms with Crippen LogP contribution in [-0.4, -0.2) is 16.1 Å². The van der Waals surface area contributed by atoms with E-state index < -0.39 is 5.97 Å². The van der Waals surface area contributed by atoms with Gasteiger partial charge in [0.1, 0.15) is 5.69 Å². The van der Waals surface area contributed by atoms with Gasteiger partial charge in [0.05, 0.1) is 0 Å². The van der Waals surface area contributed by atoms with Gasteiger partial charge in [0.15, 0.2) is 0 Å². The highest BCUT2D eigenvalue weighted by Gasteiger charge is 2.21. The molecule has 1 N–H and O–H groups in total. The molecule has 0 saturated carbocycles. The molecule has 0 unspecified atom stereocenters. The van der Waals surface area contributed by atoms with Crippen LogP contribution in [0.3, 0.4) is 0 Å². The Labute approximate surface area is 96.5 Å². The summed E-state index contributed by atoms with van der Waals surface area (Å²) < 4.78 is 0. The molecule has 0 fully saturated rings. The third-order valence-electron chi connectivity index (χ3n) is 2.77. The van der Waals surface area contributed by atoms with Crippen LogP contribution < -0.4 is 0 Å². The van der Waals surface area contributed by atoms with Gasteiger partial charge in [-0.3, -0.25) is 0 Å². The van der Waals surface area contributed by atoms with Gasteiger partial charge in [-0.25, -0.2) is 9.78 Å². The number of nitrogens with zero attached hydrogens (tertiary/aromatic N) is 1. The first-order chi connectivity index (χ1) is 7.43. The lowest BCUT2D eigenvalue weighted by molar-refractivity contribution is 0.0690. The summed E-state index contributed by atoms with van der Waals surface area (Å²) in [5, 5.41) is 8.91. The van der Waals surface area contributed by atoms with Crippen molar-refractivity contribution in [3.63, 3.8) is 0 Å². The minimum Gasteiger partial charge on any atom is -0.477 e. The first-order valence-electron chi connectivity index (χ1n) is 5.63. The highest BCUT2D eigenvalue weighted by atomic mass is 16.4. The van der Waals surface area contributed by atoms with Crippen molar-refractivity contribution in [3.8, 4) is 0 Å². The molecule has 0 aromatic carbocycles. The van der Waals surface area contributed by atoms with Crippen LogP contribution in [0.4, 0.5) is 0 Å². The Bertz CT molecular complexity index is 364. The molecular formula is C13H19NO2. The van der Waals surface area contributed by atoms with Crippen molar-refractivity contribution < 1.29 is 9.90 Å². The summed E-state index contributed by atoms with van der Waals surface area (Å²) in [6.45, 7) is 8.55. The molecule has 0 bridgehead atoms. The number of hydrogen-bond donors (Lipinski definition) is 1. The number of pyridine rings is 1. The zero-order chi connectivity index (χ0) is 12.3. The Hall–Kier alpha value is -1.38. The minimum atomic E-state index is -0.965. The molecule has 0 aliphatic rings. The number of aromatic carboxylic acids is 1. The number of carboxylic acid groups (broad SMARTS) is 1. The molecule has 0 amide bonds. The standard InChI is InChI=1S/C13H19NO2/c1-8(2)12(9(3)4)10-6-5-7-11(14-10)13(15)16/h5-9,12H,1-4H3,(H,15,16). The molecule has 16 heavy (non-hydrogen) atoms. The van der Waals surface area contributed by atoms with E-state index in [-0.39, 0.29) is 5.69 Å². The minimum absolute atomic E-state index is 0.129. The summed E-state index contributed by atoms with van der Waals surface area (Å²) in [5.41, 5.74) is 1.01. The second-order valence-electron chi connectivity index (χ2n) is 4.77. The predicted octanol–water partition coefficient (Wildman–Crippen LogP) is 3.18. The van der Waals surface area contributed by atoms with Crippen LogP contribution in [-0.2, 0) is 0 Å². The molecule has 1 heterocycles. The Balaban J connectivity index is 3.10. The Morgan fingerprint density at radius 3 is 2.19 bits per heavy atom. The van der Waals surface area contributed by atoms with E-state index in [4.69, 9.17) is 5.11 Å². The van der Waals surface area contributed by atoms with Gasteiger partial charge in [0.2, 0.25) is 0 Å². The molecule has 0 saturated heterocycles. The Morgan fingerprint density at radius 1 is 1.19 bits per heavy atom. The smallest absolute Gasteiger partial charge is 0.354 e. The monoisotopic (exact) mass is 221 g/mol. The molecule has 88 valence electrons. The number of carbonyl (C=O) groups is 1. The van der Waals surface area contributed by atoms with Gasteiger partial charge in [-0.15, -0.1) is 0 Å². The first kappa shape index (κ1) is 12.7. The molecule has 3 nitrogen and oxygen atoms in total. The fraction of sp³-hybridized carbons (Fsp3) is 0.538. The third-order valence-corrected chi connectivity index (χ3v) is 2.77. The average Bonchev–Trinajstić information content (AvgIpc) is 2.16. The molecule has 1 aromatic heterocycles. The van der Waals surface area contributed by atoms with Gasteiger partial charge in [-0.2, -0.15) is 0 Å². The van der Waals surface area contributed by atoms with Crippen molar-refractivity contribution in [2.45, 2.75) is 33.6 Å². The zero-order valence-corrected chi connectivity index (χ0v) is 10.3. The number of hydrogen-bond acceptors (Lipinski definition) is 2. The first-order valence-corrected chi connectivity index (χ1v) is 5.63. The van der Waals surface area contributed by atoms with E-state index >= 15 is 0 Å². The van der Waals surface area contributed by atoms with E-state index in [0.29, 0.717) is 17.8 Å². The van der Waals surface area contributed by atoms with Crippen molar-refractivity contribution >= 4 is 5.97 Å². The lowest BCUT2D eigenvalue weighted by atomic mass is 9.83. The van der Waals surface area contributed by atoms with E-state index in [0.717, 1.165) is 5.69 Å². The predicted molar refractivity (Wildman–Crippen MR) is 63.6 cm³/mol.